The Morgan fingerprint density at radius 3 is 2.18 bits per heavy atom. The van der Waals surface area contributed by atoms with E-state index in [0.29, 0.717) is 11.0 Å². The molecule has 1 aromatic carbocycles. The third kappa shape index (κ3) is 2.12. The SMILES string of the molecule is O=C1CC(=O)N(c2cc(F)cc(F)c2)C(=O)N1. The second kappa shape index (κ2) is 3.93. The number of halogens is 2. The molecule has 0 atom stereocenters. The van der Waals surface area contributed by atoms with Gasteiger partial charge in [0.05, 0.1) is 5.69 Å². The minimum Gasteiger partial charge on any atom is -0.277 e. The molecular weight excluding hydrogens is 234 g/mol. The van der Waals surface area contributed by atoms with Crippen LogP contribution in [0.3, 0.4) is 0 Å². The molecule has 1 saturated heterocycles. The quantitative estimate of drug-likeness (QED) is 0.743. The molecule has 0 saturated carbocycles. The number of anilines is 1. The van der Waals surface area contributed by atoms with E-state index in [0.717, 1.165) is 12.1 Å². The Bertz CT molecular complexity index is 490. The average molecular weight is 240 g/mol. The minimum absolute atomic E-state index is 0.252. The highest BCUT2D eigenvalue weighted by Crippen LogP contribution is 2.20. The van der Waals surface area contributed by atoms with Gasteiger partial charge in [-0.3, -0.25) is 14.9 Å². The summed E-state index contributed by atoms with van der Waals surface area (Å²) in [5.41, 5.74) is -0.252. The number of amides is 4. The van der Waals surface area contributed by atoms with E-state index in [1.54, 1.807) is 0 Å². The van der Waals surface area contributed by atoms with Crippen molar-refractivity contribution >= 4 is 23.5 Å². The van der Waals surface area contributed by atoms with Crippen LogP contribution in [-0.4, -0.2) is 17.8 Å². The molecule has 1 heterocycles. The van der Waals surface area contributed by atoms with Gasteiger partial charge < -0.3 is 0 Å². The lowest BCUT2D eigenvalue weighted by atomic mass is 10.2. The first kappa shape index (κ1) is 11.2. The monoisotopic (exact) mass is 240 g/mol. The summed E-state index contributed by atoms with van der Waals surface area (Å²) in [5.74, 6) is -3.41. The number of urea groups is 1. The van der Waals surface area contributed by atoms with Crippen LogP contribution in [-0.2, 0) is 9.59 Å². The van der Waals surface area contributed by atoms with Gasteiger partial charge in [-0.1, -0.05) is 0 Å². The number of nitrogens with zero attached hydrogens (tertiary/aromatic N) is 1. The van der Waals surface area contributed by atoms with E-state index in [4.69, 9.17) is 0 Å². The lowest BCUT2D eigenvalue weighted by Gasteiger charge is -2.24. The van der Waals surface area contributed by atoms with Crippen molar-refractivity contribution < 1.29 is 23.2 Å². The molecule has 1 fully saturated rings. The first-order chi connectivity index (χ1) is 7.97. The summed E-state index contributed by atoms with van der Waals surface area (Å²) in [5, 5.41) is 1.88. The summed E-state index contributed by atoms with van der Waals surface area (Å²) in [4.78, 5) is 34.2. The van der Waals surface area contributed by atoms with E-state index in [1.807, 2.05) is 5.32 Å². The largest absolute Gasteiger partial charge is 0.335 e. The Morgan fingerprint density at radius 2 is 1.65 bits per heavy atom. The van der Waals surface area contributed by atoms with Gasteiger partial charge in [-0.2, -0.15) is 0 Å². The van der Waals surface area contributed by atoms with Gasteiger partial charge in [-0.15, -0.1) is 0 Å². The van der Waals surface area contributed by atoms with Crippen molar-refractivity contribution in [3.8, 4) is 0 Å². The molecule has 0 radical (unpaired) electrons. The van der Waals surface area contributed by atoms with E-state index in [9.17, 15) is 23.2 Å². The van der Waals surface area contributed by atoms with Crippen LogP contribution in [0, 0.1) is 11.6 Å². The summed E-state index contributed by atoms with van der Waals surface area (Å²) < 4.78 is 25.9. The maximum Gasteiger partial charge on any atom is 0.335 e. The predicted octanol–water partition coefficient (Wildman–Crippen LogP) is 0.938. The lowest BCUT2D eigenvalue weighted by molar-refractivity contribution is -0.128. The van der Waals surface area contributed by atoms with Crippen LogP contribution < -0.4 is 10.2 Å². The summed E-state index contributed by atoms with van der Waals surface area (Å²) in [7, 11) is 0. The maximum absolute atomic E-state index is 12.9. The highest BCUT2D eigenvalue weighted by Gasteiger charge is 2.32. The Morgan fingerprint density at radius 1 is 1.06 bits per heavy atom. The van der Waals surface area contributed by atoms with E-state index < -0.39 is 35.9 Å². The second-order valence-corrected chi connectivity index (χ2v) is 3.39. The predicted molar refractivity (Wildman–Crippen MR) is 52.0 cm³/mol. The number of benzene rings is 1. The molecule has 0 aromatic heterocycles. The average Bonchev–Trinajstić information content (AvgIpc) is 2.13. The molecule has 5 nitrogen and oxygen atoms in total. The normalized spacial score (nSPS) is 16.1. The van der Waals surface area contributed by atoms with Crippen LogP contribution in [0.15, 0.2) is 18.2 Å². The summed E-state index contributed by atoms with van der Waals surface area (Å²) in [6.45, 7) is 0. The number of nitrogens with one attached hydrogen (secondary N) is 1. The molecule has 4 amide bonds. The van der Waals surface area contributed by atoms with Crippen LogP contribution >= 0.6 is 0 Å². The number of carbonyl (C=O) groups excluding carboxylic acids is 3. The Hall–Kier alpha value is -2.31. The molecule has 0 spiro atoms. The van der Waals surface area contributed by atoms with Gasteiger partial charge in [-0.25, -0.2) is 18.5 Å². The number of barbiturate groups is 1. The van der Waals surface area contributed by atoms with Gasteiger partial charge in [0.15, 0.2) is 0 Å². The van der Waals surface area contributed by atoms with E-state index in [-0.39, 0.29) is 5.69 Å². The molecule has 0 aliphatic carbocycles. The van der Waals surface area contributed by atoms with Crippen molar-refractivity contribution in [2.24, 2.45) is 0 Å². The lowest BCUT2D eigenvalue weighted by Crippen LogP contribution is -2.53. The number of carbonyl (C=O) groups is 3. The standard InChI is InChI=1S/C10H6F2N2O3/c11-5-1-6(12)3-7(2-5)14-9(16)4-8(15)13-10(14)17/h1-3H,4H2,(H,13,15,17). The molecule has 1 aliphatic heterocycles. The smallest absolute Gasteiger partial charge is 0.277 e. The zero-order valence-corrected chi connectivity index (χ0v) is 8.37. The summed E-state index contributed by atoms with van der Waals surface area (Å²) in [6, 6.07) is 1.25. The molecule has 1 aliphatic rings. The van der Waals surface area contributed by atoms with Crippen molar-refractivity contribution in [3.63, 3.8) is 0 Å². The van der Waals surface area contributed by atoms with Crippen LogP contribution in [0.2, 0.25) is 0 Å². The van der Waals surface area contributed by atoms with Gasteiger partial charge >= 0.3 is 6.03 Å². The molecule has 88 valence electrons. The number of imide groups is 2. The zero-order chi connectivity index (χ0) is 12.6. The molecule has 1 N–H and O–H groups in total. The van der Waals surface area contributed by atoms with Crippen LogP contribution in [0.5, 0.6) is 0 Å². The van der Waals surface area contributed by atoms with E-state index >= 15 is 0 Å². The Balaban J connectivity index is 2.41. The molecule has 17 heavy (non-hydrogen) atoms. The summed E-state index contributed by atoms with van der Waals surface area (Å²) in [6.07, 6.45) is -0.538. The third-order valence-corrected chi connectivity index (χ3v) is 2.12. The van der Waals surface area contributed by atoms with Crippen molar-refractivity contribution in [2.75, 3.05) is 4.90 Å². The first-order valence-electron chi connectivity index (χ1n) is 4.60. The molecule has 0 unspecified atom stereocenters. The number of hydrogen-bond acceptors (Lipinski definition) is 3. The van der Waals surface area contributed by atoms with E-state index in [2.05, 4.69) is 0 Å². The topological polar surface area (TPSA) is 66.5 Å². The fourth-order valence-corrected chi connectivity index (χ4v) is 1.48. The molecular formula is C10H6F2N2O3. The minimum atomic E-state index is -1.02. The first-order valence-corrected chi connectivity index (χ1v) is 4.60. The second-order valence-electron chi connectivity index (χ2n) is 3.39. The third-order valence-electron chi connectivity index (χ3n) is 2.12. The summed E-state index contributed by atoms with van der Waals surface area (Å²) >= 11 is 0. The fraction of sp³-hybridized carbons (Fsp3) is 0.100. The maximum atomic E-state index is 12.9. The molecule has 0 bridgehead atoms. The zero-order valence-electron chi connectivity index (χ0n) is 8.37. The van der Waals surface area contributed by atoms with E-state index in [1.165, 1.54) is 0 Å². The fourth-order valence-electron chi connectivity index (χ4n) is 1.48. The van der Waals surface area contributed by atoms with Gasteiger partial charge in [0.2, 0.25) is 11.8 Å². The molecule has 2 rings (SSSR count). The van der Waals surface area contributed by atoms with Crippen LogP contribution in [0.1, 0.15) is 6.42 Å². The van der Waals surface area contributed by atoms with Crippen molar-refractivity contribution in [2.45, 2.75) is 6.42 Å². The highest BCUT2D eigenvalue weighted by atomic mass is 19.1. The number of hydrogen-bond donors (Lipinski definition) is 1. The van der Waals surface area contributed by atoms with Gasteiger partial charge in [0.25, 0.3) is 0 Å². The number of rotatable bonds is 1. The highest BCUT2D eigenvalue weighted by molar-refractivity contribution is 6.26. The van der Waals surface area contributed by atoms with Gasteiger partial charge in [-0.05, 0) is 12.1 Å². The Labute approximate surface area is 94.0 Å². The van der Waals surface area contributed by atoms with Crippen LogP contribution in [0.4, 0.5) is 19.3 Å². The molecule has 7 heteroatoms. The Kier molecular flexibility index (Phi) is 2.58. The van der Waals surface area contributed by atoms with Gasteiger partial charge in [0.1, 0.15) is 18.1 Å². The van der Waals surface area contributed by atoms with Crippen molar-refractivity contribution in [1.29, 1.82) is 0 Å². The van der Waals surface area contributed by atoms with Crippen molar-refractivity contribution in [3.05, 3.63) is 29.8 Å². The molecule has 1 aromatic rings. The van der Waals surface area contributed by atoms with Gasteiger partial charge in [0, 0.05) is 6.07 Å². The van der Waals surface area contributed by atoms with Crippen molar-refractivity contribution in [1.82, 2.24) is 5.32 Å². The van der Waals surface area contributed by atoms with Crippen LogP contribution in [0.25, 0.3) is 0 Å².